The van der Waals surface area contributed by atoms with Crippen molar-refractivity contribution in [3.63, 3.8) is 0 Å². The van der Waals surface area contributed by atoms with Crippen molar-refractivity contribution in [2.75, 3.05) is 11.9 Å². The van der Waals surface area contributed by atoms with E-state index in [4.69, 9.17) is 16.3 Å². The van der Waals surface area contributed by atoms with E-state index in [-0.39, 0.29) is 12.5 Å². The van der Waals surface area contributed by atoms with Crippen LogP contribution < -0.4 is 15.5 Å². The number of nitrogens with zero attached hydrogens (tertiary/aromatic N) is 1. The Hall–Kier alpha value is -2.73. The van der Waals surface area contributed by atoms with Crippen LogP contribution in [-0.2, 0) is 4.79 Å². The fourth-order valence-corrected chi connectivity index (χ4v) is 2.68. The molecule has 1 unspecified atom stereocenters. The molecule has 1 aliphatic rings. The van der Waals surface area contributed by atoms with E-state index in [2.05, 4.69) is 10.7 Å². The maximum absolute atomic E-state index is 12.6. The van der Waals surface area contributed by atoms with Crippen molar-refractivity contribution in [2.45, 2.75) is 20.0 Å². The third kappa shape index (κ3) is 3.85. The first kappa shape index (κ1) is 17.1. The lowest BCUT2D eigenvalue weighted by Crippen LogP contribution is -2.56. The fourth-order valence-electron chi connectivity index (χ4n) is 2.51. The van der Waals surface area contributed by atoms with Crippen LogP contribution in [0.15, 0.2) is 42.5 Å². The van der Waals surface area contributed by atoms with E-state index in [1.165, 1.54) is 5.01 Å². The van der Waals surface area contributed by atoms with E-state index in [1.54, 1.807) is 37.3 Å². The number of hydrogen-bond donors (Lipinski definition) is 2. The van der Waals surface area contributed by atoms with Gasteiger partial charge in [-0.2, -0.15) is 0 Å². The number of nitrogens with one attached hydrogen (secondary N) is 2. The van der Waals surface area contributed by atoms with Gasteiger partial charge in [0.05, 0.1) is 5.56 Å². The Labute approximate surface area is 150 Å². The fraction of sp³-hybridized carbons (Fsp3) is 0.222. The first-order chi connectivity index (χ1) is 11.9. The molecule has 0 aromatic heterocycles. The maximum Gasteiger partial charge on any atom is 0.276 e. The van der Waals surface area contributed by atoms with Gasteiger partial charge in [0.2, 0.25) is 0 Å². The van der Waals surface area contributed by atoms with Crippen molar-refractivity contribution in [1.82, 2.24) is 10.4 Å². The summed E-state index contributed by atoms with van der Waals surface area (Å²) in [7, 11) is 0. The number of halogens is 1. The number of hydrogen-bond acceptors (Lipinski definition) is 4. The molecular weight excluding hydrogens is 342 g/mol. The molecular formula is C18H18ClN3O3. The second kappa shape index (κ2) is 7.03. The standard InChI is InChI=1S/C18H18ClN3O3/c1-11-3-6-14(7-4-11)25-10-17(23)21-22-12(2)20-16-8-5-13(19)9-15(16)18(22)24/h3-9,12,20H,10H2,1-2H3,(H,21,23). The monoisotopic (exact) mass is 359 g/mol. The van der Waals surface area contributed by atoms with E-state index in [9.17, 15) is 9.59 Å². The Balaban J connectivity index is 1.64. The largest absolute Gasteiger partial charge is 0.484 e. The molecule has 6 nitrogen and oxygen atoms in total. The molecule has 25 heavy (non-hydrogen) atoms. The predicted molar refractivity (Wildman–Crippen MR) is 95.5 cm³/mol. The topological polar surface area (TPSA) is 70.7 Å². The molecule has 0 aliphatic carbocycles. The summed E-state index contributed by atoms with van der Waals surface area (Å²) in [5.41, 5.74) is 4.77. The van der Waals surface area contributed by atoms with Crippen LogP contribution in [0.4, 0.5) is 5.69 Å². The maximum atomic E-state index is 12.6. The minimum Gasteiger partial charge on any atom is -0.484 e. The van der Waals surface area contributed by atoms with Gasteiger partial charge < -0.3 is 10.1 Å². The van der Waals surface area contributed by atoms with Crippen LogP contribution in [0.5, 0.6) is 5.75 Å². The Kier molecular flexibility index (Phi) is 4.81. The highest BCUT2D eigenvalue weighted by atomic mass is 35.5. The zero-order valence-electron chi connectivity index (χ0n) is 13.9. The normalized spacial score (nSPS) is 16.0. The van der Waals surface area contributed by atoms with E-state index >= 15 is 0 Å². The van der Waals surface area contributed by atoms with Crippen molar-refractivity contribution in [1.29, 1.82) is 0 Å². The van der Waals surface area contributed by atoms with Crippen LogP contribution in [0.1, 0.15) is 22.8 Å². The summed E-state index contributed by atoms with van der Waals surface area (Å²) >= 11 is 5.95. The second-order valence-electron chi connectivity index (χ2n) is 5.82. The van der Waals surface area contributed by atoms with Gasteiger partial charge in [-0.1, -0.05) is 29.3 Å². The summed E-state index contributed by atoms with van der Waals surface area (Å²) in [5.74, 6) is -0.158. The third-order valence-corrected chi connectivity index (χ3v) is 4.05. The number of ether oxygens (including phenoxy) is 1. The molecule has 0 radical (unpaired) electrons. The summed E-state index contributed by atoms with van der Waals surface area (Å²) in [6.45, 7) is 3.55. The zero-order chi connectivity index (χ0) is 18.0. The lowest BCUT2D eigenvalue weighted by Gasteiger charge is -2.35. The molecule has 0 saturated heterocycles. The summed E-state index contributed by atoms with van der Waals surface area (Å²) in [5, 5.41) is 4.84. The lowest BCUT2D eigenvalue weighted by molar-refractivity contribution is -0.127. The number of rotatable bonds is 4. The highest BCUT2D eigenvalue weighted by molar-refractivity contribution is 6.31. The van der Waals surface area contributed by atoms with E-state index in [0.717, 1.165) is 5.56 Å². The van der Waals surface area contributed by atoms with Crippen LogP contribution in [-0.4, -0.2) is 29.6 Å². The number of carbonyl (C=O) groups excluding carboxylic acids is 2. The second-order valence-corrected chi connectivity index (χ2v) is 6.26. The van der Waals surface area contributed by atoms with Crippen molar-refractivity contribution in [3.8, 4) is 5.75 Å². The van der Waals surface area contributed by atoms with Gasteiger partial charge in [0.25, 0.3) is 11.8 Å². The first-order valence-electron chi connectivity index (χ1n) is 7.82. The molecule has 0 fully saturated rings. The van der Waals surface area contributed by atoms with Gasteiger partial charge in [-0.15, -0.1) is 0 Å². The summed E-state index contributed by atoms with van der Waals surface area (Å²) in [6, 6.07) is 12.4. The number of anilines is 1. The molecule has 1 atom stereocenters. The van der Waals surface area contributed by atoms with Crippen LogP contribution in [0.3, 0.4) is 0 Å². The first-order valence-corrected chi connectivity index (χ1v) is 8.20. The van der Waals surface area contributed by atoms with Crippen molar-refractivity contribution in [3.05, 3.63) is 58.6 Å². The Morgan fingerprint density at radius 1 is 1.28 bits per heavy atom. The molecule has 7 heteroatoms. The van der Waals surface area contributed by atoms with Gasteiger partial charge >= 0.3 is 0 Å². The number of aryl methyl sites for hydroxylation is 1. The molecule has 2 N–H and O–H groups in total. The zero-order valence-corrected chi connectivity index (χ0v) is 14.6. The molecule has 0 bridgehead atoms. The summed E-state index contributed by atoms with van der Waals surface area (Å²) < 4.78 is 5.43. The lowest BCUT2D eigenvalue weighted by atomic mass is 10.1. The van der Waals surface area contributed by atoms with Crippen LogP contribution in [0.25, 0.3) is 0 Å². The minimum absolute atomic E-state index is 0.192. The molecule has 130 valence electrons. The molecule has 3 rings (SSSR count). The smallest absolute Gasteiger partial charge is 0.276 e. The number of amides is 2. The molecule has 1 aliphatic heterocycles. The van der Waals surface area contributed by atoms with Gasteiger partial charge in [-0.3, -0.25) is 15.0 Å². The number of fused-ring (bicyclic) bond motifs is 1. The number of hydrazine groups is 1. The SMILES string of the molecule is Cc1ccc(OCC(=O)NN2C(=O)c3cc(Cl)ccc3NC2C)cc1. The quantitative estimate of drug-likeness (QED) is 0.880. The van der Waals surface area contributed by atoms with Gasteiger partial charge in [0.15, 0.2) is 6.61 Å². The highest BCUT2D eigenvalue weighted by Gasteiger charge is 2.30. The number of benzene rings is 2. The van der Waals surface area contributed by atoms with E-state index in [0.29, 0.717) is 22.0 Å². The average Bonchev–Trinajstić information content (AvgIpc) is 2.59. The molecule has 2 aromatic carbocycles. The molecule has 2 aromatic rings. The number of carbonyl (C=O) groups is 2. The van der Waals surface area contributed by atoms with Crippen LogP contribution in [0.2, 0.25) is 5.02 Å². The van der Waals surface area contributed by atoms with Crippen molar-refractivity contribution in [2.24, 2.45) is 0 Å². The van der Waals surface area contributed by atoms with E-state index in [1.807, 2.05) is 19.1 Å². The molecule has 1 heterocycles. The van der Waals surface area contributed by atoms with Crippen molar-refractivity contribution < 1.29 is 14.3 Å². The Bertz CT molecular complexity index is 808. The van der Waals surface area contributed by atoms with Crippen LogP contribution >= 0.6 is 11.6 Å². The van der Waals surface area contributed by atoms with Crippen molar-refractivity contribution >= 4 is 29.1 Å². The highest BCUT2D eigenvalue weighted by Crippen LogP contribution is 2.27. The molecule has 0 spiro atoms. The van der Waals surface area contributed by atoms with E-state index < -0.39 is 12.1 Å². The Morgan fingerprint density at radius 2 is 2.00 bits per heavy atom. The molecule has 0 saturated carbocycles. The minimum atomic E-state index is -0.423. The summed E-state index contributed by atoms with van der Waals surface area (Å²) in [6.07, 6.45) is -0.399. The third-order valence-electron chi connectivity index (χ3n) is 3.82. The predicted octanol–water partition coefficient (Wildman–Crippen LogP) is 2.97. The Morgan fingerprint density at radius 3 is 2.72 bits per heavy atom. The van der Waals surface area contributed by atoms with Gasteiger partial charge in [-0.05, 0) is 44.2 Å². The van der Waals surface area contributed by atoms with Gasteiger partial charge in [0.1, 0.15) is 11.9 Å². The van der Waals surface area contributed by atoms with Crippen LogP contribution in [0, 0.1) is 6.92 Å². The van der Waals surface area contributed by atoms with Gasteiger partial charge in [-0.25, -0.2) is 5.01 Å². The molecule has 2 amide bonds. The van der Waals surface area contributed by atoms with Gasteiger partial charge in [0, 0.05) is 10.7 Å². The average molecular weight is 360 g/mol. The summed E-state index contributed by atoms with van der Waals surface area (Å²) in [4.78, 5) is 24.7.